The van der Waals surface area contributed by atoms with Gasteiger partial charge in [-0.3, -0.25) is 4.79 Å². The lowest BCUT2D eigenvalue weighted by molar-refractivity contribution is -0.736. The summed E-state index contributed by atoms with van der Waals surface area (Å²) < 4.78 is 1.81. The number of hydrogen-bond acceptors (Lipinski definition) is 3. The van der Waals surface area contributed by atoms with Crippen LogP contribution in [-0.2, 0) is 16.2 Å². The summed E-state index contributed by atoms with van der Waals surface area (Å²) in [5.41, 5.74) is 3.20. The molecule has 0 aliphatic rings. The van der Waals surface area contributed by atoms with Gasteiger partial charge in [0.25, 0.3) is 10.8 Å². The molecule has 2 aromatic carbocycles. The minimum atomic E-state index is -0.152. The smallest absolute Gasteiger partial charge is 0.316 e. The van der Waals surface area contributed by atoms with Gasteiger partial charge in [0, 0.05) is 30.0 Å². The Kier molecular flexibility index (Phi) is 5.34. The van der Waals surface area contributed by atoms with Crippen LogP contribution < -0.4 is 9.88 Å². The number of pyridine rings is 1. The molecule has 0 fully saturated rings. The molecule has 0 atom stereocenters. The molecule has 1 amide bonds. The van der Waals surface area contributed by atoms with Gasteiger partial charge in [0.1, 0.15) is 0 Å². The Labute approximate surface area is 151 Å². The molecule has 1 heterocycles. The van der Waals surface area contributed by atoms with Crippen LogP contribution in [0, 0.1) is 4.91 Å². The Hall–Kier alpha value is -3.54. The maximum absolute atomic E-state index is 12.2. The Bertz CT molecular complexity index is 892. The van der Waals surface area contributed by atoms with E-state index in [0.717, 1.165) is 11.1 Å². The van der Waals surface area contributed by atoms with Crippen LogP contribution in [0.5, 0.6) is 0 Å². The maximum Gasteiger partial charge on any atom is 0.316 e. The fraction of sp³-hybridized carbons (Fsp3) is 0.100. The van der Waals surface area contributed by atoms with Crippen LogP contribution in [0.3, 0.4) is 0 Å². The highest BCUT2D eigenvalue weighted by Crippen LogP contribution is 2.17. The number of rotatable bonds is 6. The fourth-order valence-corrected chi connectivity index (χ4v) is 2.52. The van der Waals surface area contributed by atoms with Crippen molar-refractivity contribution in [1.82, 2.24) is 0 Å². The molecule has 1 aromatic heterocycles. The molecule has 26 heavy (non-hydrogen) atoms. The number of carbonyl (C=O) groups is 1. The number of amides is 1. The van der Waals surface area contributed by atoms with E-state index in [2.05, 4.69) is 10.2 Å². The van der Waals surface area contributed by atoms with Gasteiger partial charge in [-0.05, 0) is 23.3 Å². The second-order valence-electron chi connectivity index (χ2n) is 5.66. The van der Waals surface area contributed by atoms with Crippen LogP contribution in [0.4, 0.5) is 11.4 Å². The van der Waals surface area contributed by atoms with E-state index in [-0.39, 0.29) is 12.5 Å². The summed E-state index contributed by atoms with van der Waals surface area (Å²) in [7, 11) is 1.29. The summed E-state index contributed by atoms with van der Waals surface area (Å²) in [4.78, 5) is 28.5. The molecule has 1 N–H and O–H groups in total. The molecule has 0 aliphatic carbocycles. The van der Waals surface area contributed by atoms with E-state index in [1.54, 1.807) is 28.8 Å². The number of aromatic nitrogens is 1. The minimum absolute atomic E-state index is 0.152. The number of hydrogen-bond donors (Lipinski definition) is 1. The summed E-state index contributed by atoms with van der Waals surface area (Å²) >= 11 is 0. The van der Waals surface area contributed by atoms with Crippen LogP contribution in [0.2, 0.25) is 0 Å². The van der Waals surface area contributed by atoms with E-state index < -0.39 is 0 Å². The number of carbonyl (C=O) groups excluding carboxylic acids is 1. The standard InChI is InChI=1S/C20H18N3O3/c1-26-23(25)19-9-7-18(8-10-19)21-20(24)15-22-13-11-17(12-14-22)16-5-3-2-4-6-16/h2-14H,15H2,1H3/q+1/p+1. The van der Waals surface area contributed by atoms with Crippen LogP contribution in [0.1, 0.15) is 0 Å². The third kappa shape index (κ3) is 4.30. The van der Waals surface area contributed by atoms with Crippen LogP contribution in [0.15, 0.2) is 79.1 Å². The molecule has 0 saturated heterocycles. The average Bonchev–Trinajstić information content (AvgIpc) is 2.69. The third-order valence-corrected chi connectivity index (χ3v) is 3.85. The summed E-state index contributed by atoms with van der Waals surface area (Å²) in [5, 5.41) is 2.80. The Morgan fingerprint density at radius 3 is 2.19 bits per heavy atom. The Morgan fingerprint density at radius 2 is 1.58 bits per heavy atom. The highest BCUT2D eigenvalue weighted by molar-refractivity contribution is 5.89. The molecule has 6 heteroatoms. The van der Waals surface area contributed by atoms with Crippen LogP contribution >= 0.6 is 0 Å². The normalized spacial score (nSPS) is 10.2. The summed E-state index contributed by atoms with van der Waals surface area (Å²) in [6.07, 6.45) is 3.75. The van der Waals surface area contributed by atoms with Crippen LogP contribution in [0.25, 0.3) is 11.1 Å². The number of nitrogens with zero attached hydrogens (tertiary/aromatic N) is 2. The minimum Gasteiger partial charge on any atom is -0.321 e. The van der Waals surface area contributed by atoms with Gasteiger partial charge in [0.05, 0.1) is 4.91 Å². The van der Waals surface area contributed by atoms with Crippen molar-refractivity contribution in [2.24, 2.45) is 0 Å². The first-order chi connectivity index (χ1) is 12.7. The van der Waals surface area contributed by atoms with Crippen molar-refractivity contribution in [3.05, 3.63) is 84.0 Å². The van der Waals surface area contributed by atoms with Crippen molar-refractivity contribution in [2.75, 3.05) is 12.4 Å². The van der Waals surface area contributed by atoms with E-state index in [4.69, 9.17) is 0 Å². The molecular weight excluding hydrogens is 330 g/mol. The third-order valence-electron chi connectivity index (χ3n) is 3.85. The molecule has 130 valence electrons. The summed E-state index contributed by atoms with van der Waals surface area (Å²) in [6, 6.07) is 20.5. The van der Waals surface area contributed by atoms with Crippen LogP contribution in [-0.4, -0.2) is 17.9 Å². The van der Waals surface area contributed by atoms with Gasteiger partial charge in [-0.2, -0.15) is 4.57 Å². The first kappa shape index (κ1) is 17.3. The second kappa shape index (κ2) is 8.02. The zero-order chi connectivity index (χ0) is 18.4. The van der Waals surface area contributed by atoms with Gasteiger partial charge in [0.2, 0.25) is 6.54 Å². The lowest BCUT2D eigenvalue weighted by atomic mass is 10.1. The van der Waals surface area contributed by atoms with Crippen molar-refractivity contribution in [2.45, 2.75) is 6.54 Å². The first-order valence-electron chi connectivity index (χ1n) is 8.11. The van der Waals surface area contributed by atoms with E-state index in [1.165, 1.54) is 7.11 Å². The van der Waals surface area contributed by atoms with Gasteiger partial charge in [-0.1, -0.05) is 30.3 Å². The molecule has 0 aliphatic heterocycles. The van der Waals surface area contributed by atoms with Gasteiger partial charge in [-0.25, -0.2) is 4.84 Å². The average molecular weight is 349 g/mol. The van der Waals surface area contributed by atoms with Crippen molar-refractivity contribution >= 4 is 17.3 Å². The SMILES string of the molecule is CO[N+](=O)c1ccc(NC(=O)C[n+]2ccc(-c3ccccc3)cc2)cc1. The highest BCUT2D eigenvalue weighted by atomic mass is 16.8. The quantitative estimate of drug-likeness (QED) is 0.549. The molecule has 0 bridgehead atoms. The molecule has 0 radical (unpaired) electrons. The molecule has 0 spiro atoms. The van der Waals surface area contributed by atoms with E-state index in [9.17, 15) is 9.70 Å². The van der Waals surface area contributed by atoms with Gasteiger partial charge >= 0.3 is 5.69 Å². The number of nitrogens with one attached hydrogen (secondary N) is 1. The lowest BCUT2D eigenvalue weighted by Gasteiger charge is -2.03. The molecule has 3 rings (SSSR count). The van der Waals surface area contributed by atoms with Crippen molar-refractivity contribution in [3.63, 3.8) is 0 Å². The van der Waals surface area contributed by atoms with Crippen molar-refractivity contribution < 1.29 is 19.1 Å². The molecule has 3 aromatic rings. The van der Waals surface area contributed by atoms with Gasteiger partial charge < -0.3 is 5.32 Å². The van der Waals surface area contributed by atoms with Gasteiger partial charge in [-0.15, -0.1) is 0 Å². The van der Waals surface area contributed by atoms with E-state index in [1.807, 2.05) is 54.9 Å². The Balaban J connectivity index is 1.60. The predicted octanol–water partition coefficient (Wildman–Crippen LogP) is 3.25. The topological polar surface area (TPSA) is 62.3 Å². The van der Waals surface area contributed by atoms with E-state index in [0.29, 0.717) is 16.3 Å². The molecular formula is C20H19N3O3+2. The first-order valence-corrected chi connectivity index (χ1v) is 8.11. The number of anilines is 1. The second-order valence-corrected chi connectivity index (χ2v) is 5.66. The lowest BCUT2D eigenvalue weighted by Crippen LogP contribution is -2.39. The summed E-state index contributed by atoms with van der Waals surface area (Å²) in [5.74, 6) is -0.152. The van der Waals surface area contributed by atoms with Crippen molar-refractivity contribution in [3.8, 4) is 11.1 Å². The monoisotopic (exact) mass is 349 g/mol. The Morgan fingerprint density at radius 1 is 0.962 bits per heavy atom. The van der Waals surface area contributed by atoms with E-state index >= 15 is 0 Å². The largest absolute Gasteiger partial charge is 0.321 e. The van der Waals surface area contributed by atoms with Gasteiger partial charge in [0.15, 0.2) is 19.5 Å². The fourth-order valence-electron chi connectivity index (χ4n) is 2.52. The predicted molar refractivity (Wildman–Crippen MR) is 97.4 cm³/mol. The molecule has 0 unspecified atom stereocenters. The zero-order valence-corrected chi connectivity index (χ0v) is 14.3. The summed E-state index contributed by atoms with van der Waals surface area (Å²) in [6.45, 7) is 0.197. The highest BCUT2D eigenvalue weighted by Gasteiger charge is 2.14. The maximum atomic E-state index is 12.2. The van der Waals surface area contributed by atoms with Crippen molar-refractivity contribution in [1.29, 1.82) is 0 Å². The zero-order valence-electron chi connectivity index (χ0n) is 14.3. The molecule has 0 saturated carbocycles. The number of benzene rings is 2. The molecule has 6 nitrogen and oxygen atoms in total.